The van der Waals surface area contributed by atoms with Gasteiger partial charge in [0.15, 0.2) is 0 Å². The molecule has 2 N–H and O–H groups in total. The molecule has 1 aliphatic rings. The van der Waals surface area contributed by atoms with Gasteiger partial charge in [-0.2, -0.15) is 5.10 Å². The number of hydrogen-bond donors (Lipinski definition) is 2. The monoisotopic (exact) mass is 421 g/mol. The molecule has 11 nitrogen and oxygen atoms in total. The highest BCUT2D eigenvalue weighted by molar-refractivity contribution is 6.31. The number of barbiturate groups is 1. The van der Waals surface area contributed by atoms with E-state index >= 15 is 0 Å². The van der Waals surface area contributed by atoms with Crippen molar-refractivity contribution in [3.05, 3.63) is 58.1 Å². The maximum atomic E-state index is 12.6. The predicted molar refractivity (Wildman–Crippen MR) is 103 cm³/mol. The van der Waals surface area contributed by atoms with Gasteiger partial charge < -0.3 is 14.3 Å². The number of urea groups is 1. The average molecular weight is 421 g/mol. The molecule has 0 atom stereocenters. The third kappa shape index (κ3) is 3.96. The van der Waals surface area contributed by atoms with Crippen LogP contribution < -0.4 is 21.4 Å². The zero-order chi connectivity index (χ0) is 22.1. The van der Waals surface area contributed by atoms with Crippen molar-refractivity contribution < 1.29 is 28.7 Å². The van der Waals surface area contributed by atoms with Gasteiger partial charge in [0.25, 0.3) is 11.8 Å². The number of para-hydroxylation sites is 1. The molecule has 0 unspecified atom stereocenters. The van der Waals surface area contributed by atoms with E-state index in [-0.39, 0.29) is 35.4 Å². The molecule has 1 aliphatic heterocycles. The number of carbonyl (C=O) groups is 4. The SMILES string of the molecule is O=C([O-])CCn1cc(C=C2C(=O)NC(=O)NC2=O)c(-c2cc3ccccc3oc2=O)n1. The third-order valence-corrected chi connectivity index (χ3v) is 4.47. The number of nitrogens with zero attached hydrogens (tertiary/aromatic N) is 2. The van der Waals surface area contributed by atoms with Gasteiger partial charge in [0.05, 0.1) is 5.56 Å². The normalized spacial score (nSPS) is 13.8. The van der Waals surface area contributed by atoms with E-state index in [4.69, 9.17) is 4.42 Å². The van der Waals surface area contributed by atoms with Gasteiger partial charge in [-0.25, -0.2) is 9.59 Å². The summed E-state index contributed by atoms with van der Waals surface area (Å²) in [7, 11) is 0. The highest BCUT2D eigenvalue weighted by atomic mass is 16.4. The van der Waals surface area contributed by atoms with Crippen LogP contribution in [0.5, 0.6) is 0 Å². The molecule has 3 heterocycles. The van der Waals surface area contributed by atoms with Crippen LogP contribution in [0.3, 0.4) is 0 Å². The van der Waals surface area contributed by atoms with Gasteiger partial charge in [-0.1, -0.05) is 18.2 Å². The molecule has 0 bridgehead atoms. The number of benzene rings is 1. The van der Waals surface area contributed by atoms with Crippen molar-refractivity contribution in [2.24, 2.45) is 0 Å². The topological polar surface area (TPSA) is 163 Å². The van der Waals surface area contributed by atoms with Gasteiger partial charge in [0.2, 0.25) is 0 Å². The maximum Gasteiger partial charge on any atom is 0.345 e. The van der Waals surface area contributed by atoms with E-state index in [1.54, 1.807) is 30.3 Å². The van der Waals surface area contributed by atoms with Crippen LogP contribution in [0.1, 0.15) is 12.0 Å². The van der Waals surface area contributed by atoms with Crippen molar-refractivity contribution in [3.8, 4) is 11.3 Å². The van der Waals surface area contributed by atoms with Crippen molar-refractivity contribution in [2.45, 2.75) is 13.0 Å². The van der Waals surface area contributed by atoms with E-state index < -0.39 is 29.4 Å². The van der Waals surface area contributed by atoms with Gasteiger partial charge >= 0.3 is 11.7 Å². The van der Waals surface area contributed by atoms with Crippen molar-refractivity contribution >= 4 is 40.9 Å². The molecule has 0 aliphatic carbocycles. The van der Waals surface area contributed by atoms with Crippen LogP contribution in [-0.2, 0) is 20.9 Å². The first-order valence-corrected chi connectivity index (χ1v) is 9.01. The highest BCUT2D eigenvalue weighted by Crippen LogP contribution is 2.25. The smallest absolute Gasteiger partial charge is 0.345 e. The summed E-state index contributed by atoms with van der Waals surface area (Å²) in [4.78, 5) is 58.8. The molecule has 1 fully saturated rings. The van der Waals surface area contributed by atoms with Crippen LogP contribution in [0.2, 0.25) is 0 Å². The van der Waals surface area contributed by atoms with Crippen LogP contribution in [-0.4, -0.2) is 33.6 Å². The Morgan fingerprint density at radius 3 is 2.55 bits per heavy atom. The van der Waals surface area contributed by atoms with Crippen molar-refractivity contribution in [2.75, 3.05) is 0 Å². The minimum absolute atomic E-state index is 0.0467. The number of carbonyl (C=O) groups excluding carboxylic acids is 4. The molecule has 0 spiro atoms. The lowest BCUT2D eigenvalue weighted by molar-refractivity contribution is -0.306. The summed E-state index contributed by atoms with van der Waals surface area (Å²) in [5.41, 5.74) is -0.442. The largest absolute Gasteiger partial charge is 0.550 e. The number of nitrogens with one attached hydrogen (secondary N) is 2. The fourth-order valence-corrected chi connectivity index (χ4v) is 3.06. The molecule has 156 valence electrons. The Morgan fingerprint density at radius 1 is 1.13 bits per heavy atom. The Morgan fingerprint density at radius 2 is 1.84 bits per heavy atom. The molecule has 4 rings (SSSR count). The molecule has 4 amide bonds. The van der Waals surface area contributed by atoms with E-state index in [0.717, 1.165) is 6.08 Å². The van der Waals surface area contributed by atoms with Gasteiger partial charge in [-0.15, -0.1) is 0 Å². The summed E-state index contributed by atoms with van der Waals surface area (Å²) < 4.78 is 6.57. The Bertz CT molecular complexity index is 1330. The summed E-state index contributed by atoms with van der Waals surface area (Å²) in [6.45, 7) is -0.0751. The van der Waals surface area contributed by atoms with Gasteiger partial charge in [-0.05, 0) is 18.2 Å². The molecule has 1 saturated heterocycles. The average Bonchev–Trinajstić information content (AvgIpc) is 3.11. The lowest BCUT2D eigenvalue weighted by Crippen LogP contribution is -2.51. The molecular weight excluding hydrogens is 408 g/mol. The number of hydrogen-bond acceptors (Lipinski definition) is 8. The number of amides is 4. The number of carboxylic acid groups (broad SMARTS) is 1. The van der Waals surface area contributed by atoms with Crippen LogP contribution in [0, 0.1) is 0 Å². The quantitative estimate of drug-likeness (QED) is 0.318. The van der Waals surface area contributed by atoms with Gasteiger partial charge in [0, 0.05) is 36.1 Å². The molecule has 11 heteroatoms. The second-order valence-electron chi connectivity index (χ2n) is 6.60. The van der Waals surface area contributed by atoms with Gasteiger partial charge in [-0.3, -0.25) is 24.9 Å². The highest BCUT2D eigenvalue weighted by Gasteiger charge is 2.28. The molecule has 1 aromatic carbocycles. The van der Waals surface area contributed by atoms with E-state index in [2.05, 4.69) is 5.10 Å². The standard InChI is InChI=1S/C20H14N4O7/c25-15(26)5-6-24-9-11(8-13-17(27)21-20(30)22-18(13)28)16(23-24)12-7-10-3-1-2-4-14(10)31-19(12)29/h1-4,7-9H,5-6H2,(H,25,26)(H2,21,22,27,28,30)/p-1. The second kappa shape index (κ2) is 7.71. The summed E-state index contributed by atoms with van der Waals surface area (Å²) in [5.74, 6) is -3.15. The van der Waals surface area contributed by atoms with Crippen molar-refractivity contribution in [1.29, 1.82) is 0 Å². The second-order valence-corrected chi connectivity index (χ2v) is 6.60. The van der Waals surface area contributed by atoms with E-state index in [1.165, 1.54) is 10.9 Å². The summed E-state index contributed by atoms with van der Waals surface area (Å²) >= 11 is 0. The van der Waals surface area contributed by atoms with Crippen LogP contribution in [0.4, 0.5) is 4.79 Å². The third-order valence-electron chi connectivity index (χ3n) is 4.47. The molecule has 3 aromatic rings. The fraction of sp³-hybridized carbons (Fsp3) is 0.100. The lowest BCUT2D eigenvalue weighted by atomic mass is 10.0. The Labute approximate surface area is 173 Å². The number of aromatic nitrogens is 2. The van der Waals surface area contributed by atoms with Crippen LogP contribution in [0.15, 0.2) is 51.3 Å². The number of rotatable bonds is 5. The van der Waals surface area contributed by atoms with E-state index in [0.29, 0.717) is 11.0 Å². The summed E-state index contributed by atoms with van der Waals surface area (Å²) in [6, 6.07) is 7.39. The predicted octanol–water partition coefficient (Wildman–Crippen LogP) is -0.454. The maximum absolute atomic E-state index is 12.6. The fourth-order valence-electron chi connectivity index (χ4n) is 3.06. The lowest BCUT2D eigenvalue weighted by Gasteiger charge is -2.13. The first kappa shape index (κ1) is 19.8. The minimum Gasteiger partial charge on any atom is -0.550 e. The Hall–Kier alpha value is -4.54. The van der Waals surface area contributed by atoms with Crippen LogP contribution in [0.25, 0.3) is 28.3 Å². The number of aliphatic carboxylic acids is 1. The number of aryl methyl sites for hydroxylation is 1. The summed E-state index contributed by atoms with van der Waals surface area (Å²) in [6.07, 6.45) is 2.18. The number of carboxylic acids is 1. The molecule has 31 heavy (non-hydrogen) atoms. The number of imide groups is 2. The Balaban J connectivity index is 1.86. The minimum atomic E-state index is -1.30. The zero-order valence-corrected chi connectivity index (χ0v) is 15.7. The summed E-state index contributed by atoms with van der Waals surface area (Å²) in [5, 5.41) is 19.6. The van der Waals surface area contributed by atoms with Crippen molar-refractivity contribution in [1.82, 2.24) is 20.4 Å². The first-order valence-electron chi connectivity index (χ1n) is 9.01. The molecule has 0 saturated carbocycles. The molecular formula is C20H13N4O7-. The van der Waals surface area contributed by atoms with Gasteiger partial charge in [0.1, 0.15) is 16.9 Å². The first-order chi connectivity index (χ1) is 14.8. The Kier molecular flexibility index (Phi) is 4.91. The van der Waals surface area contributed by atoms with E-state index in [9.17, 15) is 29.1 Å². The van der Waals surface area contributed by atoms with Crippen molar-refractivity contribution in [3.63, 3.8) is 0 Å². The van der Waals surface area contributed by atoms with E-state index in [1.807, 2.05) is 10.6 Å². The van der Waals surface area contributed by atoms with Crippen LogP contribution >= 0.6 is 0 Å². The number of fused-ring (bicyclic) bond motifs is 1. The molecule has 2 aromatic heterocycles. The molecule has 0 radical (unpaired) electrons. The zero-order valence-electron chi connectivity index (χ0n) is 15.7.